The number of fused-ring (bicyclic) bond motifs is 1. The van der Waals surface area contributed by atoms with Crippen molar-refractivity contribution in [1.82, 2.24) is 24.8 Å². The second kappa shape index (κ2) is 7.36. The second-order valence-corrected chi connectivity index (χ2v) is 6.21. The number of nitrogens with zero attached hydrogens (tertiary/aromatic N) is 4. The van der Waals surface area contributed by atoms with E-state index in [1.165, 1.54) is 35.1 Å². The Kier molecular flexibility index (Phi) is 4.72. The Hall–Kier alpha value is -3.73. The zero-order valence-electron chi connectivity index (χ0n) is 14.4. The molecule has 0 fully saturated rings. The molecular weight excluding hydrogens is 408 g/mol. The van der Waals surface area contributed by atoms with Gasteiger partial charge in [-0.05, 0) is 30.3 Å². The van der Waals surface area contributed by atoms with Gasteiger partial charge in [-0.2, -0.15) is 19.0 Å². The predicted molar refractivity (Wildman–Crippen MR) is 101 cm³/mol. The van der Waals surface area contributed by atoms with Crippen molar-refractivity contribution in [1.29, 1.82) is 0 Å². The topological polar surface area (TPSA) is 123 Å². The maximum Gasteiger partial charge on any atom is 0.387 e. The molecule has 0 aliphatic rings. The van der Waals surface area contributed by atoms with Crippen LogP contribution in [0.4, 0.5) is 20.3 Å². The predicted octanol–water partition coefficient (Wildman–Crippen LogP) is 3.21. The minimum atomic E-state index is -3.04. The number of hydrogen-bond donors (Lipinski definition) is 3. The minimum absolute atomic E-state index is 0.0166. The number of aromatic amines is 1. The van der Waals surface area contributed by atoms with Crippen LogP contribution in [0.1, 0.15) is 10.5 Å². The molecule has 1 amide bonds. The molecule has 0 atom stereocenters. The summed E-state index contributed by atoms with van der Waals surface area (Å²) in [7, 11) is 0. The van der Waals surface area contributed by atoms with Gasteiger partial charge in [0.1, 0.15) is 5.75 Å². The molecule has 0 unspecified atom stereocenters. The van der Waals surface area contributed by atoms with Crippen molar-refractivity contribution in [2.75, 3.05) is 11.1 Å². The molecule has 1 aromatic carbocycles. The summed E-state index contributed by atoms with van der Waals surface area (Å²) in [5.41, 5.74) is 6.87. The molecule has 4 rings (SSSR count). The summed E-state index contributed by atoms with van der Waals surface area (Å²) in [6, 6.07) is 7.40. The third-order valence-electron chi connectivity index (χ3n) is 3.95. The quantitative estimate of drug-likeness (QED) is 0.456. The highest BCUT2D eigenvalue weighted by Crippen LogP contribution is 2.36. The Bertz CT molecular complexity index is 1210. The molecule has 4 N–H and O–H groups in total. The van der Waals surface area contributed by atoms with Crippen LogP contribution in [0.3, 0.4) is 0 Å². The fraction of sp³-hybridized carbons (Fsp3) is 0.0588. The van der Waals surface area contributed by atoms with Crippen LogP contribution in [0, 0.1) is 0 Å². The number of halogens is 3. The summed E-state index contributed by atoms with van der Waals surface area (Å²) in [6.07, 6.45) is 2.79. The van der Waals surface area contributed by atoms with Crippen LogP contribution in [-0.2, 0) is 0 Å². The molecule has 9 nitrogen and oxygen atoms in total. The molecule has 3 heterocycles. The molecule has 148 valence electrons. The third kappa shape index (κ3) is 3.55. The van der Waals surface area contributed by atoms with Crippen LogP contribution >= 0.6 is 11.6 Å². The Morgan fingerprint density at radius 1 is 1.34 bits per heavy atom. The van der Waals surface area contributed by atoms with Crippen molar-refractivity contribution < 1.29 is 18.3 Å². The number of nitrogen functional groups attached to an aromatic ring is 1. The molecule has 29 heavy (non-hydrogen) atoms. The van der Waals surface area contributed by atoms with E-state index in [1.807, 2.05) is 0 Å². The van der Waals surface area contributed by atoms with Gasteiger partial charge in [-0.25, -0.2) is 9.50 Å². The van der Waals surface area contributed by atoms with Gasteiger partial charge < -0.3 is 15.8 Å². The highest BCUT2D eigenvalue weighted by molar-refractivity contribution is 6.31. The smallest absolute Gasteiger partial charge is 0.387 e. The van der Waals surface area contributed by atoms with E-state index < -0.39 is 12.5 Å². The Labute approximate surface area is 166 Å². The number of nitrogens with one attached hydrogen (secondary N) is 2. The third-order valence-corrected chi connectivity index (χ3v) is 4.18. The number of carbonyl (C=O) groups is 1. The molecule has 0 aliphatic heterocycles. The lowest BCUT2D eigenvalue weighted by atomic mass is 10.1. The molecule has 0 saturated heterocycles. The fourth-order valence-corrected chi connectivity index (χ4v) is 2.95. The van der Waals surface area contributed by atoms with Gasteiger partial charge in [-0.3, -0.25) is 9.89 Å². The first-order valence-electron chi connectivity index (χ1n) is 8.12. The first-order chi connectivity index (χ1) is 13.9. The molecule has 12 heteroatoms. The molecule has 3 aromatic heterocycles. The summed E-state index contributed by atoms with van der Waals surface area (Å²) in [4.78, 5) is 16.9. The zero-order valence-corrected chi connectivity index (χ0v) is 15.2. The highest BCUT2D eigenvalue weighted by Gasteiger charge is 2.22. The molecule has 0 saturated carbocycles. The summed E-state index contributed by atoms with van der Waals surface area (Å²) in [5.74, 6) is -0.773. The van der Waals surface area contributed by atoms with Crippen molar-refractivity contribution in [2.24, 2.45) is 0 Å². The number of anilines is 2. The number of amides is 1. The Morgan fingerprint density at radius 3 is 2.97 bits per heavy atom. The largest absolute Gasteiger partial charge is 0.434 e. The summed E-state index contributed by atoms with van der Waals surface area (Å²) in [6.45, 7) is -3.04. The van der Waals surface area contributed by atoms with Crippen LogP contribution in [0.15, 0.2) is 42.7 Å². The van der Waals surface area contributed by atoms with E-state index in [0.29, 0.717) is 5.65 Å². The van der Waals surface area contributed by atoms with Crippen molar-refractivity contribution in [3.8, 4) is 17.0 Å². The van der Waals surface area contributed by atoms with Crippen LogP contribution in [0.2, 0.25) is 5.02 Å². The number of benzene rings is 1. The Morgan fingerprint density at radius 2 is 2.17 bits per heavy atom. The van der Waals surface area contributed by atoms with Gasteiger partial charge in [0.2, 0.25) is 0 Å². The van der Waals surface area contributed by atoms with E-state index in [-0.39, 0.29) is 39.2 Å². The molecular formula is C17H12ClF2N7O2. The number of nitrogens with two attached hydrogens (primary N) is 1. The average Bonchev–Trinajstić information content (AvgIpc) is 3.25. The molecule has 0 bridgehead atoms. The van der Waals surface area contributed by atoms with E-state index in [4.69, 9.17) is 17.3 Å². The lowest BCUT2D eigenvalue weighted by Crippen LogP contribution is -2.17. The number of imidazole rings is 1. The molecule has 0 spiro atoms. The van der Waals surface area contributed by atoms with E-state index in [9.17, 15) is 13.6 Å². The van der Waals surface area contributed by atoms with Gasteiger partial charge in [0.15, 0.2) is 17.2 Å². The normalized spacial score (nSPS) is 11.2. The summed E-state index contributed by atoms with van der Waals surface area (Å²) in [5, 5.41) is 13.5. The van der Waals surface area contributed by atoms with Crippen molar-refractivity contribution in [3.05, 3.63) is 53.4 Å². The average molecular weight is 420 g/mol. The highest BCUT2D eigenvalue weighted by atomic mass is 35.5. The number of rotatable bonds is 5. The standard InChI is InChI=1S/C17H12ClF2N7O2/c18-8-3-4-11(29-17(19)20)9(6-8)13-10(7-22-26-13)24-16(28)14-15(21)25-12-2-1-5-23-27(12)14/h1-7,17H,21H2,(H,22,26)(H,24,28). The number of ether oxygens (including phenoxy) is 1. The number of carbonyl (C=O) groups excluding carboxylic acids is 1. The van der Waals surface area contributed by atoms with E-state index in [1.54, 1.807) is 12.1 Å². The van der Waals surface area contributed by atoms with Crippen LogP contribution < -0.4 is 15.8 Å². The first kappa shape index (κ1) is 18.6. The SMILES string of the molecule is Nc1nc2cccnn2c1C(=O)Nc1cn[nH]c1-c1cc(Cl)ccc1OC(F)F. The first-order valence-corrected chi connectivity index (χ1v) is 8.50. The van der Waals surface area contributed by atoms with Crippen LogP contribution in [-0.4, -0.2) is 37.3 Å². The summed E-state index contributed by atoms with van der Waals surface area (Å²) < 4.78 is 31.3. The van der Waals surface area contributed by atoms with E-state index >= 15 is 0 Å². The monoisotopic (exact) mass is 419 g/mol. The molecule has 4 aromatic rings. The molecule has 0 aliphatic carbocycles. The molecule has 0 radical (unpaired) electrons. The number of hydrogen-bond acceptors (Lipinski definition) is 6. The van der Waals surface area contributed by atoms with Gasteiger partial charge in [-0.1, -0.05) is 11.6 Å². The van der Waals surface area contributed by atoms with Gasteiger partial charge >= 0.3 is 6.61 Å². The maximum atomic E-state index is 12.8. The van der Waals surface area contributed by atoms with Crippen LogP contribution in [0.25, 0.3) is 16.9 Å². The van der Waals surface area contributed by atoms with Gasteiger partial charge in [0.05, 0.1) is 17.6 Å². The van der Waals surface area contributed by atoms with Crippen LogP contribution in [0.5, 0.6) is 5.75 Å². The number of aromatic nitrogens is 5. The minimum Gasteiger partial charge on any atom is -0.434 e. The maximum absolute atomic E-state index is 12.8. The summed E-state index contributed by atoms with van der Waals surface area (Å²) >= 11 is 5.99. The van der Waals surface area contributed by atoms with Crippen molar-refractivity contribution in [2.45, 2.75) is 6.61 Å². The number of alkyl halides is 2. The number of H-pyrrole nitrogens is 1. The van der Waals surface area contributed by atoms with E-state index in [2.05, 4.69) is 30.3 Å². The van der Waals surface area contributed by atoms with Gasteiger partial charge in [0.25, 0.3) is 5.91 Å². The van der Waals surface area contributed by atoms with Gasteiger partial charge in [-0.15, -0.1) is 0 Å². The second-order valence-electron chi connectivity index (χ2n) is 5.77. The van der Waals surface area contributed by atoms with Crippen molar-refractivity contribution >= 4 is 34.7 Å². The lowest BCUT2D eigenvalue weighted by Gasteiger charge is -2.12. The van der Waals surface area contributed by atoms with Gasteiger partial charge in [0, 0.05) is 16.8 Å². The zero-order chi connectivity index (χ0) is 20.5. The Balaban J connectivity index is 1.71. The lowest BCUT2D eigenvalue weighted by molar-refractivity contribution is -0.0494. The fourth-order valence-electron chi connectivity index (χ4n) is 2.78. The van der Waals surface area contributed by atoms with Crippen molar-refractivity contribution in [3.63, 3.8) is 0 Å². The van der Waals surface area contributed by atoms with E-state index in [0.717, 1.165) is 0 Å².